The van der Waals surface area contributed by atoms with Crippen molar-refractivity contribution in [2.45, 2.75) is 58.5 Å². The van der Waals surface area contributed by atoms with Crippen molar-refractivity contribution >= 4 is 17.9 Å². The van der Waals surface area contributed by atoms with Gasteiger partial charge in [0.05, 0.1) is 19.8 Å². The molecule has 0 aromatic carbocycles. The highest BCUT2D eigenvalue weighted by molar-refractivity contribution is 8.03. The number of hydrogen-bond acceptors (Lipinski definition) is 5. The van der Waals surface area contributed by atoms with Gasteiger partial charge in [0.1, 0.15) is 11.4 Å². The maximum atomic E-state index is 14.2. The standard InChI is InChI=1S/C23H36FNO4S/c1-23(2,3)29-22(27)25-8-6-16(7-9-25)20-12-18(20)15-28-14-17-4-5-19(13-21(17)24)30-11-10-26/h13,16,18,20,26H,4-12,14-15H2,1-3H3/t18-,20+/m0/s1. The first-order chi connectivity index (χ1) is 14.3. The van der Waals surface area contributed by atoms with E-state index in [1.165, 1.54) is 18.2 Å². The molecule has 1 heterocycles. The second-order valence-electron chi connectivity index (χ2n) is 9.61. The zero-order chi connectivity index (χ0) is 21.7. The summed E-state index contributed by atoms with van der Waals surface area (Å²) in [6, 6.07) is 0. The number of allylic oxidation sites excluding steroid dienone is 3. The molecule has 2 fully saturated rings. The van der Waals surface area contributed by atoms with Crippen LogP contribution in [0.1, 0.15) is 52.9 Å². The Labute approximate surface area is 184 Å². The molecule has 5 nitrogen and oxygen atoms in total. The summed E-state index contributed by atoms with van der Waals surface area (Å²) in [5, 5.41) is 8.89. The normalized spacial score (nSPS) is 25.4. The van der Waals surface area contributed by atoms with E-state index in [1.54, 1.807) is 6.08 Å². The van der Waals surface area contributed by atoms with Crippen LogP contribution in [-0.2, 0) is 9.47 Å². The van der Waals surface area contributed by atoms with Crippen LogP contribution in [0.5, 0.6) is 0 Å². The van der Waals surface area contributed by atoms with E-state index in [-0.39, 0.29) is 18.5 Å². The molecule has 3 rings (SSSR count). The number of aliphatic hydroxyl groups is 1. The van der Waals surface area contributed by atoms with Crippen LogP contribution in [0.15, 0.2) is 22.4 Å². The molecule has 0 radical (unpaired) electrons. The number of likely N-dealkylation sites (tertiary alicyclic amines) is 1. The summed E-state index contributed by atoms with van der Waals surface area (Å²) in [5.74, 6) is 2.35. The Bertz CT molecular complexity index is 665. The summed E-state index contributed by atoms with van der Waals surface area (Å²) in [7, 11) is 0. The number of carbonyl (C=O) groups excluding carboxylic acids is 1. The minimum Gasteiger partial charge on any atom is -0.444 e. The van der Waals surface area contributed by atoms with Crippen molar-refractivity contribution < 1.29 is 23.8 Å². The Balaban J connectivity index is 1.34. The molecular weight excluding hydrogens is 405 g/mol. The van der Waals surface area contributed by atoms with Crippen molar-refractivity contribution in [1.29, 1.82) is 0 Å². The molecule has 2 atom stereocenters. The van der Waals surface area contributed by atoms with E-state index in [4.69, 9.17) is 14.6 Å². The maximum Gasteiger partial charge on any atom is 0.410 e. The minimum atomic E-state index is -0.449. The Morgan fingerprint density at radius 1 is 1.30 bits per heavy atom. The Morgan fingerprint density at radius 2 is 2.03 bits per heavy atom. The Morgan fingerprint density at radius 3 is 2.67 bits per heavy atom. The molecule has 1 amide bonds. The molecule has 0 unspecified atom stereocenters. The predicted octanol–water partition coefficient (Wildman–Crippen LogP) is 4.91. The lowest BCUT2D eigenvalue weighted by atomic mass is 9.91. The van der Waals surface area contributed by atoms with Crippen LogP contribution in [-0.4, -0.2) is 60.4 Å². The second kappa shape index (κ2) is 10.5. The third kappa shape index (κ3) is 6.99. The Kier molecular flexibility index (Phi) is 8.27. The molecule has 2 aliphatic carbocycles. The van der Waals surface area contributed by atoms with Gasteiger partial charge in [-0.1, -0.05) is 0 Å². The fraction of sp³-hybridized carbons (Fsp3) is 0.783. The number of halogens is 1. The number of nitrogens with zero attached hydrogens (tertiary/aromatic N) is 1. The molecule has 170 valence electrons. The van der Waals surface area contributed by atoms with Crippen LogP contribution in [0.2, 0.25) is 0 Å². The van der Waals surface area contributed by atoms with Crippen molar-refractivity contribution in [3.05, 3.63) is 22.4 Å². The van der Waals surface area contributed by atoms with Crippen LogP contribution >= 0.6 is 11.8 Å². The number of amides is 1. The lowest BCUT2D eigenvalue weighted by Crippen LogP contribution is -2.42. The van der Waals surface area contributed by atoms with Gasteiger partial charge in [0.25, 0.3) is 0 Å². The van der Waals surface area contributed by atoms with Gasteiger partial charge in [0, 0.05) is 18.8 Å². The third-order valence-electron chi connectivity index (χ3n) is 6.06. The smallest absolute Gasteiger partial charge is 0.410 e. The summed E-state index contributed by atoms with van der Waals surface area (Å²) in [5.41, 5.74) is 0.307. The number of piperidine rings is 1. The van der Waals surface area contributed by atoms with E-state index in [1.807, 2.05) is 25.7 Å². The van der Waals surface area contributed by atoms with Gasteiger partial charge in [-0.05, 0) is 87.2 Å². The van der Waals surface area contributed by atoms with E-state index >= 15 is 0 Å². The summed E-state index contributed by atoms with van der Waals surface area (Å²) in [6.07, 6.45) is 6.16. The van der Waals surface area contributed by atoms with Crippen molar-refractivity contribution in [3.8, 4) is 0 Å². The van der Waals surface area contributed by atoms with Gasteiger partial charge in [0.2, 0.25) is 0 Å². The first kappa shape index (κ1) is 23.6. The molecule has 1 saturated carbocycles. The topological polar surface area (TPSA) is 59.0 Å². The van der Waals surface area contributed by atoms with Gasteiger partial charge in [-0.2, -0.15) is 0 Å². The number of carbonyl (C=O) groups is 1. The quantitative estimate of drug-likeness (QED) is 0.580. The van der Waals surface area contributed by atoms with Crippen LogP contribution in [0, 0.1) is 17.8 Å². The fourth-order valence-corrected chi connectivity index (χ4v) is 5.14. The highest BCUT2D eigenvalue weighted by Gasteiger charge is 2.44. The number of rotatable bonds is 8. The van der Waals surface area contributed by atoms with Gasteiger partial charge >= 0.3 is 6.09 Å². The van der Waals surface area contributed by atoms with Crippen LogP contribution < -0.4 is 0 Å². The Hall–Kier alpha value is -1.05. The van der Waals surface area contributed by atoms with E-state index in [2.05, 4.69) is 0 Å². The SMILES string of the molecule is CC(C)(C)OC(=O)N1CCC([C@H]2C[C@H]2COCC2=C(F)C=C(SCCO)CC2)CC1. The first-order valence-corrected chi connectivity index (χ1v) is 12.1. The molecule has 1 saturated heterocycles. The average Bonchev–Trinajstić information content (AvgIpc) is 3.46. The van der Waals surface area contributed by atoms with E-state index in [0.717, 1.165) is 42.8 Å². The molecule has 1 aliphatic heterocycles. The highest BCUT2D eigenvalue weighted by atomic mass is 32.2. The number of ether oxygens (including phenoxy) is 2. The van der Waals surface area contributed by atoms with Gasteiger partial charge < -0.3 is 19.5 Å². The molecule has 0 bridgehead atoms. The second-order valence-corrected chi connectivity index (χ2v) is 10.8. The zero-order valence-electron chi connectivity index (χ0n) is 18.5. The van der Waals surface area contributed by atoms with E-state index in [9.17, 15) is 9.18 Å². The van der Waals surface area contributed by atoms with Crippen molar-refractivity contribution in [3.63, 3.8) is 0 Å². The van der Waals surface area contributed by atoms with Crippen molar-refractivity contribution in [1.82, 2.24) is 4.90 Å². The zero-order valence-corrected chi connectivity index (χ0v) is 19.3. The molecular formula is C23H36FNO4S. The van der Waals surface area contributed by atoms with Gasteiger partial charge in [-0.3, -0.25) is 0 Å². The monoisotopic (exact) mass is 441 g/mol. The number of thioether (sulfide) groups is 1. The largest absolute Gasteiger partial charge is 0.444 e. The van der Waals surface area contributed by atoms with E-state index in [0.29, 0.717) is 43.1 Å². The fourth-order valence-electron chi connectivity index (χ4n) is 4.35. The number of aliphatic hydroxyl groups excluding tert-OH is 1. The molecule has 0 spiro atoms. The third-order valence-corrected chi connectivity index (χ3v) is 7.14. The lowest BCUT2D eigenvalue weighted by molar-refractivity contribution is 0.0171. The maximum absolute atomic E-state index is 14.2. The molecule has 30 heavy (non-hydrogen) atoms. The van der Waals surface area contributed by atoms with Gasteiger partial charge in [-0.25, -0.2) is 9.18 Å². The van der Waals surface area contributed by atoms with Crippen molar-refractivity contribution in [2.75, 3.05) is 38.7 Å². The molecule has 7 heteroatoms. The van der Waals surface area contributed by atoms with Gasteiger partial charge in [-0.15, -0.1) is 11.8 Å². The van der Waals surface area contributed by atoms with E-state index < -0.39 is 5.60 Å². The summed E-state index contributed by atoms with van der Waals surface area (Å²) in [4.78, 5) is 15.0. The summed E-state index contributed by atoms with van der Waals surface area (Å²) in [6.45, 7) is 8.42. The molecule has 0 aromatic rings. The summed E-state index contributed by atoms with van der Waals surface area (Å²) < 4.78 is 25.6. The van der Waals surface area contributed by atoms with Crippen molar-refractivity contribution in [2.24, 2.45) is 17.8 Å². The number of hydrogen-bond donors (Lipinski definition) is 1. The van der Waals surface area contributed by atoms with Crippen LogP contribution in [0.3, 0.4) is 0 Å². The molecule has 0 aromatic heterocycles. The molecule has 3 aliphatic rings. The average molecular weight is 442 g/mol. The lowest BCUT2D eigenvalue weighted by Gasteiger charge is -2.33. The van der Waals surface area contributed by atoms with Crippen LogP contribution in [0.25, 0.3) is 0 Å². The molecule has 1 N–H and O–H groups in total. The first-order valence-electron chi connectivity index (χ1n) is 11.1. The predicted molar refractivity (Wildman–Crippen MR) is 118 cm³/mol. The highest BCUT2D eigenvalue weighted by Crippen LogP contribution is 2.48. The summed E-state index contributed by atoms with van der Waals surface area (Å²) >= 11 is 1.53. The minimum absolute atomic E-state index is 0.117. The van der Waals surface area contributed by atoms with Crippen LogP contribution in [0.4, 0.5) is 9.18 Å². The van der Waals surface area contributed by atoms with Gasteiger partial charge in [0.15, 0.2) is 0 Å².